The van der Waals surface area contributed by atoms with Crippen molar-refractivity contribution >= 4 is 23.5 Å². The lowest BCUT2D eigenvalue weighted by Gasteiger charge is -2.18. The Hall–Kier alpha value is -0.810. The van der Waals surface area contributed by atoms with Gasteiger partial charge in [-0.15, -0.1) is 0 Å². The number of halogens is 1. The number of fused-ring (bicyclic) bond motifs is 3. The summed E-state index contributed by atoms with van der Waals surface area (Å²) in [4.78, 5) is 2.20. The maximum absolute atomic E-state index is 2.30. The molecule has 0 aliphatic carbocycles. The van der Waals surface area contributed by atoms with Gasteiger partial charge in [-0.2, -0.15) is 0 Å². The Morgan fingerprint density at radius 3 is 2.93 bits per heavy atom. The van der Waals surface area contributed by atoms with Gasteiger partial charge in [-0.25, -0.2) is 0 Å². The SMILES string of the molecule is CN1C=CC=c2ccc3c(c21)[NH2+]CC=3.[I-]. The van der Waals surface area contributed by atoms with Crippen LogP contribution in [0.15, 0.2) is 24.4 Å². The van der Waals surface area contributed by atoms with Crippen LogP contribution in [-0.2, 0) is 0 Å². The van der Waals surface area contributed by atoms with Gasteiger partial charge in [0.05, 0.1) is 0 Å². The molecule has 2 aliphatic rings. The van der Waals surface area contributed by atoms with E-state index in [4.69, 9.17) is 0 Å². The lowest BCUT2D eigenvalue weighted by Crippen LogP contribution is -3.00. The molecule has 0 amide bonds. The highest BCUT2D eigenvalue weighted by molar-refractivity contribution is 5.72. The molecule has 1 aromatic rings. The first-order valence-corrected chi connectivity index (χ1v) is 4.94. The first kappa shape index (κ1) is 10.7. The van der Waals surface area contributed by atoms with Gasteiger partial charge in [0.25, 0.3) is 0 Å². The van der Waals surface area contributed by atoms with E-state index >= 15 is 0 Å². The predicted molar refractivity (Wildman–Crippen MR) is 58.6 cm³/mol. The lowest BCUT2D eigenvalue weighted by molar-refractivity contribution is -0.552. The van der Waals surface area contributed by atoms with Crippen molar-refractivity contribution in [2.45, 2.75) is 0 Å². The van der Waals surface area contributed by atoms with Crippen molar-refractivity contribution in [3.05, 3.63) is 34.8 Å². The molecule has 0 aromatic heterocycles. The molecule has 3 rings (SSSR count). The molecule has 15 heavy (non-hydrogen) atoms. The zero-order chi connectivity index (χ0) is 9.54. The van der Waals surface area contributed by atoms with E-state index in [2.05, 4.69) is 53.8 Å². The van der Waals surface area contributed by atoms with E-state index < -0.39 is 0 Å². The fraction of sp³-hybridized carbons (Fsp3) is 0.167. The minimum atomic E-state index is 0. The fourth-order valence-electron chi connectivity index (χ4n) is 2.22. The standard InChI is InChI=1S/C12H12N2.HI/c1-14-8-2-3-10-5-4-9-6-7-13-11(9)12(10)14;/h2-6,8,13H,7H2,1H3;1H. The molecule has 1 aromatic carbocycles. The van der Waals surface area contributed by atoms with Crippen LogP contribution in [0.25, 0.3) is 12.2 Å². The normalized spacial score (nSPS) is 15.9. The van der Waals surface area contributed by atoms with Gasteiger partial charge in [0.15, 0.2) is 5.69 Å². The van der Waals surface area contributed by atoms with Gasteiger partial charge in [-0.05, 0) is 18.2 Å². The van der Waals surface area contributed by atoms with Crippen LogP contribution < -0.4 is 44.6 Å². The maximum atomic E-state index is 2.30. The second-order valence-electron chi connectivity index (χ2n) is 3.77. The van der Waals surface area contributed by atoms with Crippen LogP contribution in [0.3, 0.4) is 0 Å². The van der Waals surface area contributed by atoms with Crippen LogP contribution in [0.1, 0.15) is 0 Å². The van der Waals surface area contributed by atoms with Crippen LogP contribution in [0.4, 0.5) is 11.4 Å². The topological polar surface area (TPSA) is 19.9 Å². The second kappa shape index (κ2) is 3.98. The first-order chi connectivity index (χ1) is 6.86. The molecular weight excluding hydrogens is 299 g/mol. The summed E-state index contributed by atoms with van der Waals surface area (Å²) in [5.74, 6) is 0. The van der Waals surface area contributed by atoms with Crippen molar-refractivity contribution in [2.75, 3.05) is 18.5 Å². The zero-order valence-corrected chi connectivity index (χ0v) is 10.7. The number of hydrogen-bond acceptors (Lipinski definition) is 1. The van der Waals surface area contributed by atoms with E-state index in [1.807, 2.05) is 0 Å². The van der Waals surface area contributed by atoms with Gasteiger partial charge in [0, 0.05) is 23.7 Å². The van der Waals surface area contributed by atoms with E-state index in [1.165, 1.54) is 21.8 Å². The number of benzene rings is 1. The van der Waals surface area contributed by atoms with E-state index in [0.29, 0.717) is 0 Å². The summed E-state index contributed by atoms with van der Waals surface area (Å²) in [5, 5.41) is 5.00. The molecule has 0 fully saturated rings. The average molecular weight is 312 g/mol. The lowest BCUT2D eigenvalue weighted by atomic mass is 10.1. The molecule has 3 heteroatoms. The number of hydrogen-bond donors (Lipinski definition) is 1. The van der Waals surface area contributed by atoms with Gasteiger partial charge in [-0.3, -0.25) is 0 Å². The van der Waals surface area contributed by atoms with Crippen LogP contribution in [0.2, 0.25) is 0 Å². The molecular formula is C12H13IN2. The number of quaternary nitrogens is 1. The molecule has 0 spiro atoms. The van der Waals surface area contributed by atoms with Crippen LogP contribution >= 0.6 is 0 Å². The summed E-state index contributed by atoms with van der Waals surface area (Å²) in [6.07, 6.45) is 8.64. The summed E-state index contributed by atoms with van der Waals surface area (Å²) in [7, 11) is 2.11. The summed E-state index contributed by atoms with van der Waals surface area (Å²) in [5.41, 5.74) is 2.74. The fourth-order valence-corrected chi connectivity index (χ4v) is 2.22. The average Bonchev–Trinajstić information content (AvgIpc) is 2.65. The second-order valence-corrected chi connectivity index (χ2v) is 3.77. The maximum Gasteiger partial charge on any atom is 0.161 e. The summed E-state index contributed by atoms with van der Waals surface area (Å²) in [6.45, 7) is 1.07. The zero-order valence-electron chi connectivity index (χ0n) is 8.57. The number of nitrogens with two attached hydrogens (primary N) is 1. The van der Waals surface area contributed by atoms with E-state index in [-0.39, 0.29) is 24.0 Å². The molecule has 2 N–H and O–H groups in total. The van der Waals surface area contributed by atoms with E-state index in [1.54, 1.807) is 0 Å². The van der Waals surface area contributed by atoms with Gasteiger partial charge >= 0.3 is 0 Å². The Labute approximate surface area is 106 Å². The predicted octanol–water partition coefficient (Wildman–Crippen LogP) is -3.58. The Bertz CT molecular complexity index is 531. The third kappa shape index (κ3) is 1.59. The highest BCUT2D eigenvalue weighted by Crippen LogP contribution is 2.15. The summed E-state index contributed by atoms with van der Waals surface area (Å²) < 4.78 is 0. The molecule has 0 unspecified atom stereocenters. The van der Waals surface area contributed by atoms with Crippen molar-refractivity contribution in [1.82, 2.24) is 0 Å². The number of nitrogens with zero attached hydrogens (tertiary/aromatic N) is 1. The molecule has 0 saturated heterocycles. The summed E-state index contributed by atoms with van der Waals surface area (Å²) in [6, 6.07) is 4.41. The van der Waals surface area contributed by atoms with Crippen LogP contribution in [-0.4, -0.2) is 13.6 Å². The number of rotatable bonds is 0. The van der Waals surface area contributed by atoms with Gasteiger partial charge < -0.3 is 34.2 Å². The Morgan fingerprint density at radius 2 is 2.07 bits per heavy atom. The smallest absolute Gasteiger partial charge is 0.161 e. The molecule has 0 saturated carbocycles. The quantitative estimate of drug-likeness (QED) is 0.388. The highest BCUT2D eigenvalue weighted by atomic mass is 127. The minimum absolute atomic E-state index is 0. The Balaban J connectivity index is 0.000000853. The summed E-state index contributed by atoms with van der Waals surface area (Å²) >= 11 is 0. The molecule has 2 aliphatic heterocycles. The van der Waals surface area contributed by atoms with Crippen molar-refractivity contribution < 1.29 is 29.3 Å². The molecule has 2 nitrogen and oxygen atoms in total. The molecule has 0 radical (unpaired) electrons. The van der Waals surface area contributed by atoms with Gasteiger partial charge in [-0.1, -0.05) is 12.1 Å². The van der Waals surface area contributed by atoms with Crippen molar-refractivity contribution in [3.8, 4) is 0 Å². The highest BCUT2D eigenvalue weighted by Gasteiger charge is 2.16. The van der Waals surface area contributed by atoms with E-state index in [0.717, 1.165) is 6.54 Å². The van der Waals surface area contributed by atoms with E-state index in [9.17, 15) is 0 Å². The van der Waals surface area contributed by atoms with Gasteiger partial charge in [0.1, 0.15) is 12.2 Å². The third-order valence-electron chi connectivity index (χ3n) is 2.88. The van der Waals surface area contributed by atoms with Crippen LogP contribution in [0.5, 0.6) is 0 Å². The van der Waals surface area contributed by atoms with Crippen LogP contribution in [0, 0.1) is 0 Å². The third-order valence-corrected chi connectivity index (χ3v) is 2.88. The monoisotopic (exact) mass is 312 g/mol. The molecule has 0 bridgehead atoms. The van der Waals surface area contributed by atoms with Crippen molar-refractivity contribution in [3.63, 3.8) is 0 Å². The van der Waals surface area contributed by atoms with Crippen molar-refractivity contribution in [2.24, 2.45) is 0 Å². The Morgan fingerprint density at radius 1 is 1.27 bits per heavy atom. The Kier molecular flexibility index (Phi) is 2.84. The molecule has 0 atom stereocenters. The molecule has 78 valence electrons. The largest absolute Gasteiger partial charge is 1.00 e. The van der Waals surface area contributed by atoms with Crippen molar-refractivity contribution in [1.29, 1.82) is 0 Å². The number of anilines is 1. The number of allylic oxidation sites excluding steroid dienone is 1. The minimum Gasteiger partial charge on any atom is -1.00 e. The van der Waals surface area contributed by atoms with Gasteiger partial charge in [0.2, 0.25) is 0 Å². The first-order valence-electron chi connectivity index (χ1n) is 4.94. The molecule has 2 heterocycles.